The number of carbonyl (C=O) groups excluding carboxylic acids is 2. The number of hydrogen-bond donors (Lipinski definition) is 2. The first-order valence-corrected chi connectivity index (χ1v) is 8.76. The quantitative estimate of drug-likeness (QED) is 0.457. The average molecular weight is 376 g/mol. The normalized spacial score (nSPS) is 11.8. The summed E-state index contributed by atoms with van der Waals surface area (Å²) in [5, 5.41) is 19.8. The molecule has 1 unspecified atom stereocenters. The van der Waals surface area contributed by atoms with Gasteiger partial charge in [0.05, 0.1) is 11.0 Å². The van der Waals surface area contributed by atoms with E-state index < -0.39 is 16.7 Å². The number of aryl methyl sites for hydroxylation is 1. The molecule has 0 aliphatic rings. The Morgan fingerprint density at radius 2 is 2.00 bits per heavy atom. The van der Waals surface area contributed by atoms with Gasteiger partial charge in [0.1, 0.15) is 0 Å². The monoisotopic (exact) mass is 376 g/mol. The number of thiophene rings is 1. The van der Waals surface area contributed by atoms with E-state index >= 15 is 0 Å². The van der Waals surface area contributed by atoms with Gasteiger partial charge in [-0.1, -0.05) is 0 Å². The van der Waals surface area contributed by atoms with E-state index in [1.165, 1.54) is 18.2 Å². The van der Waals surface area contributed by atoms with E-state index in [1.807, 2.05) is 35.8 Å². The van der Waals surface area contributed by atoms with Gasteiger partial charge in [0.2, 0.25) is 0 Å². The molecule has 2 N–H and O–H groups in total. The molecule has 138 valence electrons. The molecule has 1 aromatic heterocycles. The molecule has 1 heterocycles. The maximum atomic E-state index is 12.1. The van der Waals surface area contributed by atoms with Crippen LogP contribution >= 0.6 is 11.3 Å². The Morgan fingerprint density at radius 1 is 1.27 bits per heavy atom. The fourth-order valence-electron chi connectivity index (χ4n) is 2.41. The van der Waals surface area contributed by atoms with Crippen LogP contribution in [0, 0.1) is 17.0 Å². The third kappa shape index (κ3) is 4.87. The van der Waals surface area contributed by atoms with E-state index in [9.17, 15) is 19.7 Å². The van der Waals surface area contributed by atoms with Crippen molar-refractivity contribution in [1.29, 1.82) is 0 Å². The first kappa shape index (κ1) is 19.5. The minimum absolute atomic E-state index is 0.0425. The fourth-order valence-corrected chi connectivity index (χ4v) is 3.12. The Morgan fingerprint density at radius 3 is 2.54 bits per heavy atom. The number of amides is 2. The lowest BCUT2D eigenvalue weighted by molar-refractivity contribution is -0.384. The topological polar surface area (TPSA) is 105 Å². The number of hydrogen-bond acceptors (Lipinski definition) is 6. The molecule has 0 bridgehead atoms. The summed E-state index contributed by atoms with van der Waals surface area (Å²) in [5.41, 5.74) is 1.85. The number of rotatable bonds is 6. The molecule has 2 rings (SSSR count). The third-order valence-corrected chi connectivity index (χ3v) is 4.58. The number of nitrogens with zero attached hydrogens (tertiary/aromatic N) is 2. The number of benzene rings is 1. The van der Waals surface area contributed by atoms with Gasteiger partial charge >= 0.3 is 11.8 Å². The maximum Gasteiger partial charge on any atom is 0.313 e. The molecule has 9 heteroatoms. The van der Waals surface area contributed by atoms with Gasteiger partial charge in [-0.25, -0.2) is 0 Å². The SMILES string of the molecule is Cc1cc([N+](=O)[O-])ccc1NC(=O)C(=O)NCC(c1ccsc1)N(C)C. The molecule has 0 aliphatic heterocycles. The number of non-ortho nitro benzene ring substituents is 1. The second kappa shape index (κ2) is 8.54. The van der Waals surface area contributed by atoms with Gasteiger partial charge in [-0.15, -0.1) is 0 Å². The molecular formula is C17H20N4O4S. The lowest BCUT2D eigenvalue weighted by atomic mass is 10.1. The van der Waals surface area contributed by atoms with Crippen molar-refractivity contribution >= 4 is 34.5 Å². The minimum Gasteiger partial charge on any atom is -0.346 e. The number of nitro groups is 1. The van der Waals surface area contributed by atoms with Gasteiger partial charge in [-0.2, -0.15) is 11.3 Å². The molecular weight excluding hydrogens is 356 g/mol. The van der Waals surface area contributed by atoms with Crippen molar-refractivity contribution in [1.82, 2.24) is 10.2 Å². The van der Waals surface area contributed by atoms with Crippen LogP contribution in [-0.4, -0.2) is 42.3 Å². The fraction of sp³-hybridized carbons (Fsp3) is 0.294. The van der Waals surface area contributed by atoms with Crippen molar-refractivity contribution in [3.05, 3.63) is 56.3 Å². The molecule has 2 amide bonds. The Bertz CT molecular complexity index is 805. The van der Waals surface area contributed by atoms with Crippen LogP contribution in [-0.2, 0) is 9.59 Å². The molecule has 1 aromatic carbocycles. The van der Waals surface area contributed by atoms with Crippen LogP contribution in [0.1, 0.15) is 17.2 Å². The van der Waals surface area contributed by atoms with Crippen LogP contribution in [0.2, 0.25) is 0 Å². The second-order valence-corrected chi connectivity index (χ2v) is 6.74. The van der Waals surface area contributed by atoms with E-state index in [0.29, 0.717) is 11.3 Å². The number of carbonyl (C=O) groups is 2. The van der Waals surface area contributed by atoms with Gasteiger partial charge < -0.3 is 15.5 Å². The largest absolute Gasteiger partial charge is 0.346 e. The van der Waals surface area contributed by atoms with Crippen molar-refractivity contribution in [2.24, 2.45) is 0 Å². The first-order valence-electron chi connectivity index (χ1n) is 7.82. The smallest absolute Gasteiger partial charge is 0.313 e. The summed E-state index contributed by atoms with van der Waals surface area (Å²) in [4.78, 5) is 36.4. The van der Waals surface area contributed by atoms with E-state index in [-0.39, 0.29) is 18.3 Å². The zero-order chi connectivity index (χ0) is 19.3. The molecule has 8 nitrogen and oxygen atoms in total. The van der Waals surface area contributed by atoms with E-state index in [4.69, 9.17) is 0 Å². The van der Waals surface area contributed by atoms with Crippen molar-refractivity contribution in [2.75, 3.05) is 26.0 Å². The van der Waals surface area contributed by atoms with Gasteiger partial charge in [0.25, 0.3) is 5.69 Å². The van der Waals surface area contributed by atoms with Crippen LogP contribution in [0.4, 0.5) is 11.4 Å². The Hall–Kier alpha value is -2.78. The number of nitro benzene ring substituents is 1. The zero-order valence-corrected chi connectivity index (χ0v) is 15.5. The van der Waals surface area contributed by atoms with E-state index in [1.54, 1.807) is 18.3 Å². The van der Waals surface area contributed by atoms with Crippen molar-refractivity contribution in [3.63, 3.8) is 0 Å². The summed E-state index contributed by atoms with van der Waals surface area (Å²) >= 11 is 1.57. The molecule has 0 aliphatic carbocycles. The van der Waals surface area contributed by atoms with Crippen LogP contribution in [0.5, 0.6) is 0 Å². The van der Waals surface area contributed by atoms with Crippen LogP contribution in [0.3, 0.4) is 0 Å². The summed E-state index contributed by atoms with van der Waals surface area (Å²) in [5.74, 6) is -1.57. The van der Waals surface area contributed by atoms with Crippen LogP contribution in [0.15, 0.2) is 35.0 Å². The van der Waals surface area contributed by atoms with E-state index in [0.717, 1.165) is 5.56 Å². The zero-order valence-electron chi connectivity index (χ0n) is 14.7. The molecule has 0 radical (unpaired) electrons. The highest BCUT2D eigenvalue weighted by Gasteiger charge is 2.20. The van der Waals surface area contributed by atoms with Crippen molar-refractivity contribution in [3.8, 4) is 0 Å². The summed E-state index contributed by atoms with van der Waals surface area (Å²) in [6.45, 7) is 1.91. The van der Waals surface area contributed by atoms with Gasteiger partial charge in [-0.3, -0.25) is 19.7 Å². The van der Waals surface area contributed by atoms with Crippen molar-refractivity contribution < 1.29 is 14.5 Å². The summed E-state index contributed by atoms with van der Waals surface area (Å²) in [6.07, 6.45) is 0. The van der Waals surface area contributed by atoms with Gasteiger partial charge in [0, 0.05) is 24.4 Å². The molecule has 0 fully saturated rings. The average Bonchev–Trinajstić information content (AvgIpc) is 3.10. The Kier molecular flexibility index (Phi) is 6.42. The molecule has 0 saturated carbocycles. The predicted molar refractivity (Wildman–Crippen MR) is 100 cm³/mol. The van der Waals surface area contributed by atoms with Crippen LogP contribution < -0.4 is 10.6 Å². The number of nitrogens with one attached hydrogen (secondary N) is 2. The molecule has 0 saturated heterocycles. The van der Waals surface area contributed by atoms with Crippen molar-refractivity contribution in [2.45, 2.75) is 13.0 Å². The summed E-state index contributed by atoms with van der Waals surface area (Å²) in [6, 6.07) is 5.96. The highest BCUT2D eigenvalue weighted by molar-refractivity contribution is 7.08. The minimum atomic E-state index is -0.815. The first-order chi connectivity index (χ1) is 12.3. The van der Waals surface area contributed by atoms with E-state index in [2.05, 4.69) is 10.6 Å². The lowest BCUT2D eigenvalue weighted by Gasteiger charge is -2.23. The molecule has 2 aromatic rings. The standard InChI is InChI=1S/C17H20N4O4S/c1-11-8-13(21(24)25)4-5-14(11)19-17(23)16(22)18-9-15(20(2)3)12-6-7-26-10-12/h4-8,10,15H,9H2,1-3H3,(H,18,22)(H,19,23). The Balaban J connectivity index is 1.97. The second-order valence-electron chi connectivity index (χ2n) is 5.96. The number of anilines is 1. The molecule has 26 heavy (non-hydrogen) atoms. The third-order valence-electron chi connectivity index (χ3n) is 3.88. The molecule has 0 spiro atoms. The number of likely N-dealkylation sites (N-methyl/N-ethyl adjacent to an activating group) is 1. The molecule has 1 atom stereocenters. The van der Waals surface area contributed by atoms with Gasteiger partial charge in [0.15, 0.2) is 0 Å². The predicted octanol–water partition coefficient (Wildman–Crippen LogP) is 2.32. The summed E-state index contributed by atoms with van der Waals surface area (Å²) in [7, 11) is 3.80. The lowest BCUT2D eigenvalue weighted by Crippen LogP contribution is -2.40. The highest BCUT2D eigenvalue weighted by atomic mass is 32.1. The van der Waals surface area contributed by atoms with Gasteiger partial charge in [-0.05, 0) is 55.0 Å². The maximum absolute atomic E-state index is 12.1. The summed E-state index contributed by atoms with van der Waals surface area (Å²) < 4.78 is 0. The van der Waals surface area contributed by atoms with Crippen LogP contribution in [0.25, 0.3) is 0 Å². The Labute approximate surface area is 155 Å². The highest BCUT2D eigenvalue weighted by Crippen LogP contribution is 2.21.